The van der Waals surface area contributed by atoms with Crippen molar-refractivity contribution < 1.29 is 4.74 Å². The molecule has 3 aromatic rings. The predicted octanol–water partition coefficient (Wildman–Crippen LogP) is 3.00. The van der Waals surface area contributed by atoms with Crippen LogP contribution in [0.4, 0.5) is 0 Å². The van der Waals surface area contributed by atoms with Crippen LogP contribution in [-0.4, -0.2) is 15.2 Å². The van der Waals surface area contributed by atoms with Gasteiger partial charge in [-0.1, -0.05) is 29.8 Å². The fraction of sp³-hybridized carbons (Fsp3) is 0.105. The summed E-state index contributed by atoms with van der Waals surface area (Å²) < 4.78 is 5.59. The van der Waals surface area contributed by atoms with Crippen LogP contribution in [-0.2, 0) is 0 Å². The van der Waals surface area contributed by atoms with Crippen LogP contribution in [0.5, 0.6) is 5.88 Å². The van der Waals surface area contributed by atoms with Gasteiger partial charge in [0.05, 0.1) is 17.2 Å². The molecule has 6 heteroatoms. The summed E-state index contributed by atoms with van der Waals surface area (Å²) in [5.74, 6) is 0.124. The fourth-order valence-corrected chi connectivity index (χ4v) is 3.07. The highest BCUT2D eigenvalue weighted by Crippen LogP contribution is 2.45. The van der Waals surface area contributed by atoms with Crippen molar-refractivity contribution in [2.45, 2.75) is 12.8 Å². The molecule has 0 saturated carbocycles. The molecule has 1 aliphatic heterocycles. The van der Waals surface area contributed by atoms with Crippen molar-refractivity contribution in [2.75, 3.05) is 0 Å². The number of benzene rings is 1. The van der Waals surface area contributed by atoms with Crippen molar-refractivity contribution in [1.29, 1.82) is 5.26 Å². The molecule has 0 bridgehead atoms. The van der Waals surface area contributed by atoms with Crippen LogP contribution in [0.15, 0.2) is 60.2 Å². The summed E-state index contributed by atoms with van der Waals surface area (Å²) in [4.78, 5) is 4.06. The largest absolute Gasteiger partial charge is 0.420 e. The van der Waals surface area contributed by atoms with Crippen molar-refractivity contribution in [3.63, 3.8) is 0 Å². The molecule has 1 aliphatic rings. The molecule has 3 heterocycles. The van der Waals surface area contributed by atoms with Crippen molar-refractivity contribution in [1.82, 2.24) is 15.2 Å². The number of aromatic amines is 1. The Kier molecular flexibility index (Phi) is 3.47. The van der Waals surface area contributed by atoms with Gasteiger partial charge in [-0.3, -0.25) is 10.1 Å². The molecule has 0 fully saturated rings. The van der Waals surface area contributed by atoms with Gasteiger partial charge in [-0.05, 0) is 24.6 Å². The zero-order valence-corrected chi connectivity index (χ0v) is 13.5. The van der Waals surface area contributed by atoms with E-state index in [2.05, 4.69) is 21.3 Å². The van der Waals surface area contributed by atoms with Crippen molar-refractivity contribution in [2.24, 2.45) is 5.73 Å². The molecule has 0 amide bonds. The first-order chi connectivity index (χ1) is 12.2. The number of nitrogens with one attached hydrogen (secondary N) is 1. The van der Waals surface area contributed by atoms with E-state index in [0.717, 1.165) is 22.4 Å². The fourth-order valence-electron chi connectivity index (χ4n) is 3.07. The number of allylic oxidation sites excluding steroid dienone is 1. The Morgan fingerprint density at radius 2 is 1.88 bits per heavy atom. The van der Waals surface area contributed by atoms with E-state index in [1.54, 1.807) is 12.4 Å². The number of aryl methyl sites for hydroxylation is 1. The maximum atomic E-state index is 9.64. The minimum Gasteiger partial charge on any atom is -0.420 e. The van der Waals surface area contributed by atoms with Crippen LogP contribution < -0.4 is 10.5 Å². The van der Waals surface area contributed by atoms with Gasteiger partial charge >= 0.3 is 0 Å². The highest BCUT2D eigenvalue weighted by atomic mass is 16.5. The number of pyridine rings is 1. The molecule has 2 aromatic heterocycles. The number of rotatable bonds is 2. The van der Waals surface area contributed by atoms with Gasteiger partial charge in [0, 0.05) is 18.0 Å². The number of fused-ring (bicyclic) bond motifs is 1. The average molecular weight is 329 g/mol. The summed E-state index contributed by atoms with van der Waals surface area (Å²) in [5.41, 5.74) is 11.0. The predicted molar refractivity (Wildman–Crippen MR) is 92.3 cm³/mol. The lowest BCUT2D eigenvalue weighted by atomic mass is 9.83. The van der Waals surface area contributed by atoms with E-state index in [1.807, 2.05) is 43.3 Å². The molecule has 0 saturated heterocycles. The number of nitrogens with two attached hydrogens (primary N) is 1. The van der Waals surface area contributed by atoms with Crippen molar-refractivity contribution >= 4 is 0 Å². The third-order valence-electron chi connectivity index (χ3n) is 4.32. The lowest BCUT2D eigenvalue weighted by Crippen LogP contribution is -2.21. The van der Waals surface area contributed by atoms with E-state index in [9.17, 15) is 5.26 Å². The number of ether oxygens (including phenoxy) is 1. The SMILES string of the molecule is Cc1ccc(-c2[nH]nc3c2C(c2ccncc2)C(C#N)=C(N)O3)cc1. The van der Waals surface area contributed by atoms with Crippen LogP contribution in [0.25, 0.3) is 11.3 Å². The van der Waals surface area contributed by atoms with Crippen LogP contribution in [0.3, 0.4) is 0 Å². The van der Waals surface area contributed by atoms with Gasteiger partial charge in [0.15, 0.2) is 0 Å². The first kappa shape index (κ1) is 15.0. The molecular formula is C19H15N5O. The van der Waals surface area contributed by atoms with E-state index in [0.29, 0.717) is 11.5 Å². The minimum absolute atomic E-state index is 0.0822. The van der Waals surface area contributed by atoms with Gasteiger partial charge in [-0.2, -0.15) is 5.26 Å². The topological polar surface area (TPSA) is 101 Å². The van der Waals surface area contributed by atoms with Gasteiger partial charge in [-0.25, -0.2) is 0 Å². The van der Waals surface area contributed by atoms with E-state index in [-0.39, 0.29) is 11.8 Å². The summed E-state index contributed by atoms with van der Waals surface area (Å²) in [6, 6.07) is 14.0. The Bertz CT molecular complexity index is 997. The molecule has 0 radical (unpaired) electrons. The first-order valence-electron chi connectivity index (χ1n) is 7.82. The Labute approximate surface area is 144 Å². The number of hydrogen-bond donors (Lipinski definition) is 2. The molecule has 1 atom stereocenters. The lowest BCUT2D eigenvalue weighted by molar-refractivity contribution is 0.379. The van der Waals surface area contributed by atoms with Crippen molar-refractivity contribution in [3.8, 4) is 23.2 Å². The third-order valence-corrected chi connectivity index (χ3v) is 4.32. The normalized spacial score (nSPS) is 16.1. The zero-order valence-electron chi connectivity index (χ0n) is 13.5. The van der Waals surface area contributed by atoms with Crippen LogP contribution in [0, 0.1) is 18.3 Å². The molecule has 3 N–H and O–H groups in total. The van der Waals surface area contributed by atoms with Crippen LogP contribution >= 0.6 is 0 Å². The molecule has 122 valence electrons. The third kappa shape index (κ3) is 2.42. The molecular weight excluding hydrogens is 314 g/mol. The summed E-state index contributed by atoms with van der Waals surface area (Å²) in [6.45, 7) is 2.03. The van der Waals surface area contributed by atoms with Gasteiger partial charge < -0.3 is 10.5 Å². The van der Waals surface area contributed by atoms with E-state index in [4.69, 9.17) is 10.5 Å². The highest BCUT2D eigenvalue weighted by molar-refractivity contribution is 5.70. The second kappa shape index (κ2) is 5.80. The number of aromatic nitrogens is 3. The molecule has 0 aliphatic carbocycles. The second-order valence-electron chi connectivity index (χ2n) is 5.89. The molecule has 0 spiro atoms. The standard InChI is InChI=1S/C19H15N5O/c1-11-2-4-13(5-3-11)17-16-15(12-6-8-22-9-7-12)14(10-20)18(21)25-19(16)24-23-17/h2-9,15H,21H2,1H3,(H,23,24). The summed E-state index contributed by atoms with van der Waals surface area (Å²) in [7, 11) is 0. The van der Waals surface area contributed by atoms with E-state index in [1.165, 1.54) is 5.56 Å². The monoisotopic (exact) mass is 329 g/mol. The summed E-state index contributed by atoms with van der Waals surface area (Å²) in [6.07, 6.45) is 3.39. The molecule has 6 nitrogen and oxygen atoms in total. The van der Waals surface area contributed by atoms with Crippen LogP contribution in [0.2, 0.25) is 0 Å². The Morgan fingerprint density at radius 3 is 2.56 bits per heavy atom. The average Bonchev–Trinajstić information content (AvgIpc) is 3.05. The van der Waals surface area contributed by atoms with E-state index >= 15 is 0 Å². The lowest BCUT2D eigenvalue weighted by Gasteiger charge is -2.24. The number of nitriles is 1. The molecule has 4 rings (SSSR count). The Morgan fingerprint density at radius 1 is 1.16 bits per heavy atom. The summed E-state index contributed by atoms with van der Waals surface area (Å²) in [5, 5.41) is 16.9. The minimum atomic E-state index is -0.355. The second-order valence-corrected chi connectivity index (χ2v) is 5.89. The first-order valence-corrected chi connectivity index (χ1v) is 7.82. The maximum absolute atomic E-state index is 9.64. The maximum Gasteiger partial charge on any atom is 0.244 e. The number of hydrogen-bond acceptors (Lipinski definition) is 5. The number of nitrogens with zero attached hydrogens (tertiary/aromatic N) is 3. The van der Waals surface area contributed by atoms with E-state index < -0.39 is 0 Å². The van der Waals surface area contributed by atoms with Gasteiger partial charge in [0.1, 0.15) is 11.6 Å². The quantitative estimate of drug-likeness (QED) is 0.752. The Hall–Kier alpha value is -3.59. The smallest absolute Gasteiger partial charge is 0.244 e. The molecule has 1 aromatic carbocycles. The van der Waals surface area contributed by atoms with Crippen LogP contribution in [0.1, 0.15) is 22.6 Å². The Balaban J connectivity index is 1.94. The van der Waals surface area contributed by atoms with Crippen molar-refractivity contribution in [3.05, 3.63) is 76.9 Å². The highest BCUT2D eigenvalue weighted by Gasteiger charge is 2.35. The molecule has 1 unspecified atom stereocenters. The number of H-pyrrole nitrogens is 1. The van der Waals surface area contributed by atoms with Gasteiger partial charge in [-0.15, -0.1) is 5.10 Å². The van der Waals surface area contributed by atoms with Gasteiger partial charge in [0.25, 0.3) is 0 Å². The van der Waals surface area contributed by atoms with Gasteiger partial charge in [0.2, 0.25) is 11.8 Å². The molecule has 25 heavy (non-hydrogen) atoms. The zero-order chi connectivity index (χ0) is 17.4. The summed E-state index contributed by atoms with van der Waals surface area (Å²) >= 11 is 0.